The van der Waals surface area contributed by atoms with E-state index in [1.807, 2.05) is 44.4 Å². The molecule has 3 rings (SSSR count). The van der Waals surface area contributed by atoms with Gasteiger partial charge in [-0.2, -0.15) is 0 Å². The lowest BCUT2D eigenvalue weighted by Gasteiger charge is -2.23. The molecule has 0 radical (unpaired) electrons. The summed E-state index contributed by atoms with van der Waals surface area (Å²) in [7, 11) is 0. The number of carbonyl (C=O) groups excluding carboxylic acids is 1. The summed E-state index contributed by atoms with van der Waals surface area (Å²) in [4.78, 5) is 13.5. The lowest BCUT2D eigenvalue weighted by molar-refractivity contribution is -0.125. The number of thiophene rings is 1. The molecule has 0 bridgehead atoms. The molecule has 0 unspecified atom stereocenters. The average molecular weight is 290 g/mol. The second-order valence-corrected chi connectivity index (χ2v) is 7.29. The van der Waals surface area contributed by atoms with Crippen molar-refractivity contribution in [3.63, 3.8) is 0 Å². The first-order chi connectivity index (χ1) is 9.41. The van der Waals surface area contributed by atoms with E-state index in [0.29, 0.717) is 0 Å². The van der Waals surface area contributed by atoms with Gasteiger partial charge in [-0.15, -0.1) is 11.3 Å². The van der Waals surface area contributed by atoms with E-state index in [1.54, 1.807) is 11.3 Å². The number of nitrogens with one attached hydrogen (secondary N) is 1. The normalized spacial score (nSPS) is 16.9. The Morgan fingerprint density at radius 2 is 2.20 bits per heavy atom. The number of hydrogen-bond donors (Lipinski definition) is 1. The summed E-state index contributed by atoms with van der Waals surface area (Å²) in [6, 6.07) is 5.87. The van der Waals surface area contributed by atoms with Crippen molar-refractivity contribution in [1.82, 2.24) is 10.5 Å². The summed E-state index contributed by atoms with van der Waals surface area (Å²) in [6.45, 7) is 5.96. The highest BCUT2D eigenvalue weighted by Gasteiger charge is 2.54. The van der Waals surface area contributed by atoms with Crippen molar-refractivity contribution in [2.45, 2.75) is 44.6 Å². The highest BCUT2D eigenvalue weighted by Crippen LogP contribution is 2.49. The van der Waals surface area contributed by atoms with E-state index < -0.39 is 5.41 Å². The Morgan fingerprint density at radius 1 is 1.45 bits per heavy atom. The Morgan fingerprint density at radius 3 is 2.75 bits per heavy atom. The van der Waals surface area contributed by atoms with Crippen LogP contribution < -0.4 is 5.32 Å². The van der Waals surface area contributed by atoms with Crippen LogP contribution in [0.1, 0.15) is 39.3 Å². The molecule has 2 aromatic rings. The van der Waals surface area contributed by atoms with E-state index in [-0.39, 0.29) is 11.4 Å². The highest BCUT2D eigenvalue weighted by molar-refractivity contribution is 7.13. The van der Waals surface area contributed by atoms with Crippen LogP contribution in [0.15, 0.2) is 28.1 Å². The van der Waals surface area contributed by atoms with Gasteiger partial charge in [0.25, 0.3) is 0 Å². The van der Waals surface area contributed by atoms with Gasteiger partial charge in [0.05, 0.1) is 16.0 Å². The first kappa shape index (κ1) is 13.4. The number of rotatable bonds is 3. The second-order valence-electron chi connectivity index (χ2n) is 6.34. The molecule has 0 aliphatic heterocycles. The molecular weight excluding hydrogens is 272 g/mol. The molecular formula is C15H18N2O2S. The summed E-state index contributed by atoms with van der Waals surface area (Å²) < 4.78 is 5.40. The van der Waals surface area contributed by atoms with Crippen LogP contribution in [0, 0.1) is 0 Å². The molecule has 2 aromatic heterocycles. The number of carbonyl (C=O) groups is 1. The van der Waals surface area contributed by atoms with Gasteiger partial charge in [0.1, 0.15) is 0 Å². The SMILES string of the molecule is CC(C)(C)NC(=O)C1(c2cc(-c3cccs3)on2)CC1. The molecule has 1 saturated carbocycles. The Kier molecular flexibility index (Phi) is 2.97. The quantitative estimate of drug-likeness (QED) is 0.943. The maximum absolute atomic E-state index is 12.4. The van der Waals surface area contributed by atoms with Gasteiger partial charge in [-0.1, -0.05) is 11.2 Å². The molecule has 4 nitrogen and oxygen atoms in total. The molecule has 0 spiro atoms. The monoisotopic (exact) mass is 290 g/mol. The van der Waals surface area contributed by atoms with Crippen molar-refractivity contribution in [2.24, 2.45) is 0 Å². The van der Waals surface area contributed by atoms with Crippen LogP contribution in [0.2, 0.25) is 0 Å². The molecule has 20 heavy (non-hydrogen) atoms. The third kappa shape index (κ3) is 2.38. The van der Waals surface area contributed by atoms with Gasteiger partial charge in [0, 0.05) is 11.6 Å². The van der Waals surface area contributed by atoms with Gasteiger partial charge in [-0.05, 0) is 45.1 Å². The van der Waals surface area contributed by atoms with Gasteiger partial charge in [0.2, 0.25) is 5.91 Å². The number of amides is 1. The van der Waals surface area contributed by atoms with Gasteiger partial charge >= 0.3 is 0 Å². The van der Waals surface area contributed by atoms with E-state index in [0.717, 1.165) is 29.2 Å². The minimum Gasteiger partial charge on any atom is -0.355 e. The standard InChI is InChI=1S/C15H18N2O2S/c1-14(2,3)16-13(18)15(6-7-15)12-9-10(19-17-12)11-5-4-8-20-11/h4-5,8-9H,6-7H2,1-3H3,(H,16,18). The van der Waals surface area contributed by atoms with E-state index >= 15 is 0 Å². The van der Waals surface area contributed by atoms with Crippen molar-refractivity contribution in [3.8, 4) is 10.6 Å². The van der Waals surface area contributed by atoms with Crippen molar-refractivity contribution in [1.29, 1.82) is 0 Å². The molecule has 1 aliphatic carbocycles. The molecule has 1 amide bonds. The van der Waals surface area contributed by atoms with Gasteiger partial charge in [-0.25, -0.2) is 0 Å². The number of hydrogen-bond acceptors (Lipinski definition) is 4. The highest BCUT2D eigenvalue weighted by atomic mass is 32.1. The fraction of sp³-hybridized carbons (Fsp3) is 0.467. The van der Waals surface area contributed by atoms with Crippen LogP contribution in [0.4, 0.5) is 0 Å². The largest absolute Gasteiger partial charge is 0.355 e. The fourth-order valence-electron chi connectivity index (χ4n) is 2.22. The smallest absolute Gasteiger partial charge is 0.232 e. The van der Waals surface area contributed by atoms with Gasteiger partial charge < -0.3 is 9.84 Å². The lowest BCUT2D eigenvalue weighted by Crippen LogP contribution is -2.46. The molecule has 0 saturated heterocycles. The molecule has 1 N–H and O–H groups in total. The molecule has 2 heterocycles. The van der Waals surface area contributed by atoms with Crippen LogP contribution in [0.5, 0.6) is 0 Å². The lowest BCUT2D eigenvalue weighted by atomic mass is 9.98. The van der Waals surface area contributed by atoms with Crippen molar-refractivity contribution in [2.75, 3.05) is 0 Å². The van der Waals surface area contributed by atoms with Crippen molar-refractivity contribution >= 4 is 17.2 Å². The van der Waals surface area contributed by atoms with E-state index in [4.69, 9.17) is 4.52 Å². The molecule has 1 fully saturated rings. The molecule has 0 atom stereocenters. The van der Waals surface area contributed by atoms with Crippen LogP contribution in [-0.4, -0.2) is 16.6 Å². The van der Waals surface area contributed by atoms with Crippen LogP contribution in [-0.2, 0) is 10.2 Å². The third-order valence-corrected chi connectivity index (χ3v) is 4.32. The number of nitrogens with zero attached hydrogens (tertiary/aromatic N) is 1. The van der Waals surface area contributed by atoms with Crippen molar-refractivity contribution in [3.05, 3.63) is 29.3 Å². The predicted octanol–water partition coefficient (Wildman–Crippen LogP) is 3.35. The first-order valence-corrected chi connectivity index (χ1v) is 7.62. The van der Waals surface area contributed by atoms with Crippen LogP contribution >= 0.6 is 11.3 Å². The summed E-state index contributed by atoms with van der Waals surface area (Å²) >= 11 is 1.60. The van der Waals surface area contributed by atoms with E-state index in [1.165, 1.54) is 0 Å². The average Bonchev–Trinajstić information content (AvgIpc) is 2.79. The third-order valence-electron chi connectivity index (χ3n) is 3.44. The van der Waals surface area contributed by atoms with E-state index in [9.17, 15) is 4.79 Å². The molecule has 1 aliphatic rings. The second kappa shape index (κ2) is 4.45. The Balaban J connectivity index is 1.84. The molecule has 0 aromatic carbocycles. The van der Waals surface area contributed by atoms with Gasteiger partial charge in [-0.3, -0.25) is 4.79 Å². The van der Waals surface area contributed by atoms with Crippen LogP contribution in [0.3, 0.4) is 0 Å². The first-order valence-electron chi connectivity index (χ1n) is 6.74. The topological polar surface area (TPSA) is 55.1 Å². The zero-order valence-electron chi connectivity index (χ0n) is 11.9. The molecule has 5 heteroatoms. The Bertz CT molecular complexity index is 619. The summed E-state index contributed by atoms with van der Waals surface area (Å²) in [5, 5.41) is 9.17. The number of aromatic nitrogens is 1. The Labute approximate surface area is 122 Å². The minimum absolute atomic E-state index is 0.0519. The fourth-order valence-corrected chi connectivity index (χ4v) is 2.89. The maximum atomic E-state index is 12.4. The zero-order chi connectivity index (χ0) is 14.4. The maximum Gasteiger partial charge on any atom is 0.232 e. The summed E-state index contributed by atoms with van der Waals surface area (Å²) in [5.41, 5.74) is 0.0434. The molecule has 106 valence electrons. The predicted molar refractivity (Wildman–Crippen MR) is 78.6 cm³/mol. The summed E-state index contributed by atoms with van der Waals surface area (Å²) in [5.74, 6) is 0.792. The van der Waals surface area contributed by atoms with Crippen molar-refractivity contribution < 1.29 is 9.32 Å². The minimum atomic E-state index is -0.480. The van der Waals surface area contributed by atoms with Gasteiger partial charge in [0.15, 0.2) is 5.76 Å². The van der Waals surface area contributed by atoms with E-state index in [2.05, 4.69) is 10.5 Å². The Hall–Kier alpha value is -1.62. The summed E-state index contributed by atoms with van der Waals surface area (Å²) in [6.07, 6.45) is 1.68. The van der Waals surface area contributed by atoms with Crippen LogP contribution in [0.25, 0.3) is 10.6 Å². The zero-order valence-corrected chi connectivity index (χ0v) is 12.7.